The molecule has 0 spiro atoms. The van der Waals surface area contributed by atoms with Crippen LogP contribution in [0.3, 0.4) is 0 Å². The summed E-state index contributed by atoms with van der Waals surface area (Å²) in [6.07, 6.45) is 5.57. The van der Waals surface area contributed by atoms with Gasteiger partial charge in [-0.05, 0) is 0 Å². The van der Waals surface area contributed by atoms with Gasteiger partial charge in [0.05, 0.1) is 18.6 Å². The first-order chi connectivity index (χ1) is 6.40. The van der Waals surface area contributed by atoms with Crippen molar-refractivity contribution in [2.75, 3.05) is 0 Å². The summed E-state index contributed by atoms with van der Waals surface area (Å²) in [5.41, 5.74) is 7.36. The molecule has 2 N–H and O–H groups in total. The molecule has 0 bridgehead atoms. The minimum absolute atomic E-state index is 0.478. The van der Waals surface area contributed by atoms with Crippen molar-refractivity contribution in [3.05, 3.63) is 34.8 Å². The molecule has 0 aromatic carbocycles. The standard InChI is InChI=1S/C8H10N4S/c9-3-8-11-1-2-12(8)5-7-4-10-6-13-7/h1-2,4,6H,3,5,9H2. The van der Waals surface area contributed by atoms with Crippen molar-refractivity contribution < 1.29 is 0 Å². The Hall–Kier alpha value is -1.20. The van der Waals surface area contributed by atoms with Crippen molar-refractivity contribution in [2.45, 2.75) is 13.1 Å². The highest BCUT2D eigenvalue weighted by molar-refractivity contribution is 7.09. The van der Waals surface area contributed by atoms with Gasteiger partial charge in [-0.25, -0.2) is 4.98 Å². The van der Waals surface area contributed by atoms with Crippen LogP contribution in [0, 0.1) is 0 Å². The molecule has 0 saturated carbocycles. The lowest BCUT2D eigenvalue weighted by molar-refractivity contribution is 0.731. The Morgan fingerprint density at radius 3 is 3.15 bits per heavy atom. The molecule has 4 nitrogen and oxygen atoms in total. The third-order valence-electron chi connectivity index (χ3n) is 1.79. The number of aromatic nitrogens is 3. The molecule has 68 valence electrons. The van der Waals surface area contributed by atoms with Crippen molar-refractivity contribution in [3.8, 4) is 0 Å². The van der Waals surface area contributed by atoms with E-state index in [2.05, 4.69) is 9.97 Å². The Bertz CT molecular complexity index is 365. The molecule has 5 heteroatoms. The summed E-state index contributed by atoms with van der Waals surface area (Å²) < 4.78 is 2.04. The Balaban J connectivity index is 2.18. The fourth-order valence-corrected chi connectivity index (χ4v) is 1.75. The van der Waals surface area contributed by atoms with E-state index in [0.717, 1.165) is 12.4 Å². The lowest BCUT2D eigenvalue weighted by Crippen LogP contribution is -2.07. The lowest BCUT2D eigenvalue weighted by atomic mass is 10.5. The van der Waals surface area contributed by atoms with Crippen LogP contribution in [0.5, 0.6) is 0 Å². The van der Waals surface area contributed by atoms with Gasteiger partial charge in [-0.3, -0.25) is 4.98 Å². The van der Waals surface area contributed by atoms with E-state index < -0.39 is 0 Å². The zero-order valence-corrected chi connectivity index (χ0v) is 7.87. The first-order valence-electron chi connectivity index (χ1n) is 3.97. The molecular formula is C8H10N4S. The Labute approximate surface area is 80.1 Å². The highest BCUT2D eigenvalue weighted by Crippen LogP contribution is 2.09. The quantitative estimate of drug-likeness (QED) is 0.788. The van der Waals surface area contributed by atoms with E-state index in [1.165, 1.54) is 4.88 Å². The van der Waals surface area contributed by atoms with Gasteiger partial charge < -0.3 is 10.3 Å². The van der Waals surface area contributed by atoms with Crippen molar-refractivity contribution >= 4 is 11.3 Å². The molecule has 2 rings (SSSR count). The maximum Gasteiger partial charge on any atom is 0.122 e. The zero-order valence-electron chi connectivity index (χ0n) is 7.05. The normalized spacial score (nSPS) is 10.5. The second kappa shape index (κ2) is 3.68. The van der Waals surface area contributed by atoms with E-state index in [4.69, 9.17) is 5.73 Å². The van der Waals surface area contributed by atoms with Crippen molar-refractivity contribution in [1.29, 1.82) is 0 Å². The van der Waals surface area contributed by atoms with Crippen LogP contribution >= 0.6 is 11.3 Å². The van der Waals surface area contributed by atoms with Crippen molar-refractivity contribution in [3.63, 3.8) is 0 Å². The van der Waals surface area contributed by atoms with Crippen LogP contribution in [0.2, 0.25) is 0 Å². The highest BCUT2D eigenvalue weighted by Gasteiger charge is 2.01. The zero-order chi connectivity index (χ0) is 9.10. The van der Waals surface area contributed by atoms with E-state index >= 15 is 0 Å². The van der Waals surface area contributed by atoms with Gasteiger partial charge in [0.15, 0.2) is 0 Å². The van der Waals surface area contributed by atoms with Crippen LogP contribution < -0.4 is 5.73 Å². The molecule has 2 aromatic heterocycles. The number of nitrogens with two attached hydrogens (primary N) is 1. The molecule has 0 aliphatic rings. The fraction of sp³-hybridized carbons (Fsp3) is 0.250. The average Bonchev–Trinajstić information content (AvgIpc) is 2.76. The molecule has 0 saturated heterocycles. The molecule has 0 aliphatic carbocycles. The maximum atomic E-state index is 5.53. The number of imidazole rings is 1. The van der Waals surface area contributed by atoms with Crippen LogP contribution in [-0.4, -0.2) is 14.5 Å². The molecule has 0 unspecified atom stereocenters. The predicted molar refractivity (Wildman–Crippen MR) is 51.3 cm³/mol. The largest absolute Gasteiger partial charge is 0.329 e. The summed E-state index contributed by atoms with van der Waals surface area (Å²) in [6, 6.07) is 0. The van der Waals surface area contributed by atoms with E-state index in [9.17, 15) is 0 Å². The van der Waals surface area contributed by atoms with E-state index in [1.807, 2.05) is 22.5 Å². The summed E-state index contributed by atoms with van der Waals surface area (Å²) in [7, 11) is 0. The number of rotatable bonds is 3. The summed E-state index contributed by atoms with van der Waals surface area (Å²) in [5.74, 6) is 0.911. The van der Waals surface area contributed by atoms with Crippen LogP contribution in [0.25, 0.3) is 0 Å². The van der Waals surface area contributed by atoms with Gasteiger partial charge >= 0.3 is 0 Å². The molecule has 0 aliphatic heterocycles. The second-order valence-corrected chi connectivity index (χ2v) is 3.61. The van der Waals surface area contributed by atoms with Crippen LogP contribution in [0.15, 0.2) is 24.1 Å². The van der Waals surface area contributed by atoms with Gasteiger partial charge in [0.2, 0.25) is 0 Å². The Kier molecular flexibility index (Phi) is 2.37. The molecule has 2 aromatic rings. The van der Waals surface area contributed by atoms with Crippen LogP contribution in [0.4, 0.5) is 0 Å². The molecule has 0 fully saturated rings. The van der Waals surface area contributed by atoms with Gasteiger partial charge in [-0.1, -0.05) is 0 Å². The molecular weight excluding hydrogens is 184 g/mol. The summed E-state index contributed by atoms with van der Waals surface area (Å²) in [5, 5.41) is 0. The second-order valence-electron chi connectivity index (χ2n) is 2.64. The number of hydrogen-bond acceptors (Lipinski definition) is 4. The third kappa shape index (κ3) is 1.76. The molecule has 0 amide bonds. The molecule has 2 heterocycles. The average molecular weight is 194 g/mol. The van der Waals surface area contributed by atoms with E-state index in [0.29, 0.717) is 6.54 Å². The van der Waals surface area contributed by atoms with Crippen molar-refractivity contribution in [2.24, 2.45) is 5.73 Å². The van der Waals surface area contributed by atoms with Crippen LogP contribution in [0.1, 0.15) is 10.7 Å². The van der Waals surface area contributed by atoms with E-state index in [-0.39, 0.29) is 0 Å². The Morgan fingerprint density at radius 1 is 1.54 bits per heavy atom. The molecule has 0 atom stereocenters. The summed E-state index contributed by atoms with van der Waals surface area (Å²) >= 11 is 1.64. The van der Waals surface area contributed by atoms with Gasteiger partial charge in [0.1, 0.15) is 5.82 Å². The van der Waals surface area contributed by atoms with Crippen molar-refractivity contribution in [1.82, 2.24) is 14.5 Å². The first kappa shape index (κ1) is 8.40. The monoisotopic (exact) mass is 194 g/mol. The highest BCUT2D eigenvalue weighted by atomic mass is 32.1. The van der Waals surface area contributed by atoms with Gasteiger partial charge in [0, 0.05) is 23.5 Å². The van der Waals surface area contributed by atoms with Crippen LogP contribution in [-0.2, 0) is 13.1 Å². The topological polar surface area (TPSA) is 56.7 Å². The van der Waals surface area contributed by atoms with E-state index in [1.54, 1.807) is 17.5 Å². The number of thiazole rings is 1. The minimum Gasteiger partial charge on any atom is -0.329 e. The lowest BCUT2D eigenvalue weighted by Gasteiger charge is -2.02. The van der Waals surface area contributed by atoms with Gasteiger partial charge in [0.25, 0.3) is 0 Å². The SMILES string of the molecule is NCc1nccn1Cc1cncs1. The predicted octanol–water partition coefficient (Wildman–Crippen LogP) is 0.847. The molecule has 0 radical (unpaired) electrons. The number of hydrogen-bond donors (Lipinski definition) is 1. The number of nitrogens with zero attached hydrogens (tertiary/aromatic N) is 3. The minimum atomic E-state index is 0.478. The maximum absolute atomic E-state index is 5.53. The fourth-order valence-electron chi connectivity index (χ4n) is 1.16. The smallest absolute Gasteiger partial charge is 0.122 e. The summed E-state index contributed by atoms with van der Waals surface area (Å²) in [6.45, 7) is 1.29. The Morgan fingerprint density at radius 2 is 2.46 bits per heavy atom. The summed E-state index contributed by atoms with van der Waals surface area (Å²) in [4.78, 5) is 9.36. The first-order valence-corrected chi connectivity index (χ1v) is 4.85. The van der Waals surface area contributed by atoms with Gasteiger partial charge in [-0.15, -0.1) is 11.3 Å². The van der Waals surface area contributed by atoms with Gasteiger partial charge in [-0.2, -0.15) is 0 Å². The molecule has 13 heavy (non-hydrogen) atoms. The third-order valence-corrected chi connectivity index (χ3v) is 2.56.